The maximum atomic E-state index is 13.4. The molecule has 2 aromatic rings. The number of nitrogens with two attached hydrogens (primary N) is 1. The van der Waals surface area contributed by atoms with Gasteiger partial charge in [0, 0.05) is 12.2 Å². The Morgan fingerprint density at radius 2 is 1.95 bits per heavy atom. The van der Waals surface area contributed by atoms with E-state index < -0.39 is 11.7 Å². The molecule has 3 N–H and O–H groups in total. The smallest absolute Gasteiger partial charge is 0.253 e. The number of aryl methyl sites for hydroxylation is 1. The van der Waals surface area contributed by atoms with E-state index in [2.05, 4.69) is 5.32 Å². The lowest BCUT2D eigenvalue weighted by Gasteiger charge is -2.08. The van der Waals surface area contributed by atoms with Crippen molar-refractivity contribution in [1.82, 2.24) is 5.32 Å². The van der Waals surface area contributed by atoms with Gasteiger partial charge in [0.25, 0.3) is 5.91 Å². The molecule has 0 heterocycles. The van der Waals surface area contributed by atoms with Gasteiger partial charge in [-0.25, -0.2) is 8.78 Å². The Hall–Kier alpha value is -2.43. The van der Waals surface area contributed by atoms with Crippen LogP contribution in [-0.4, -0.2) is 5.91 Å². The predicted octanol–water partition coefficient (Wildman–Crippen LogP) is 2.79. The number of hydrogen-bond acceptors (Lipinski definition) is 2. The lowest BCUT2D eigenvalue weighted by atomic mass is 10.1. The molecule has 5 heteroatoms. The highest BCUT2D eigenvalue weighted by Crippen LogP contribution is 2.14. The van der Waals surface area contributed by atoms with Gasteiger partial charge in [0.05, 0.1) is 5.56 Å². The Bertz CT molecular complexity index is 656. The number of anilines is 1. The first-order valence-corrected chi connectivity index (χ1v) is 6.05. The molecule has 104 valence electrons. The third-order valence-electron chi connectivity index (χ3n) is 2.95. The van der Waals surface area contributed by atoms with Gasteiger partial charge in [0.15, 0.2) is 0 Å². The molecule has 0 bridgehead atoms. The van der Waals surface area contributed by atoms with Crippen LogP contribution in [0.25, 0.3) is 0 Å². The van der Waals surface area contributed by atoms with Crippen molar-refractivity contribution in [1.29, 1.82) is 0 Å². The largest absolute Gasteiger partial charge is 0.398 e. The summed E-state index contributed by atoms with van der Waals surface area (Å²) >= 11 is 0. The number of nitrogens with one attached hydrogen (secondary N) is 1. The van der Waals surface area contributed by atoms with E-state index in [0.29, 0.717) is 11.1 Å². The van der Waals surface area contributed by atoms with Crippen LogP contribution in [0.1, 0.15) is 21.5 Å². The van der Waals surface area contributed by atoms with Gasteiger partial charge in [-0.2, -0.15) is 0 Å². The van der Waals surface area contributed by atoms with E-state index in [4.69, 9.17) is 5.73 Å². The molecule has 0 aliphatic carbocycles. The highest BCUT2D eigenvalue weighted by Gasteiger charge is 2.10. The molecule has 0 aliphatic heterocycles. The zero-order chi connectivity index (χ0) is 14.7. The minimum atomic E-state index is -0.536. The second kappa shape index (κ2) is 5.69. The molecule has 0 aliphatic rings. The number of halogens is 2. The third kappa shape index (κ3) is 3.12. The summed E-state index contributed by atoms with van der Waals surface area (Å²) in [6.07, 6.45) is 0. The van der Waals surface area contributed by atoms with Crippen molar-refractivity contribution in [2.45, 2.75) is 13.5 Å². The fourth-order valence-electron chi connectivity index (χ4n) is 1.75. The summed E-state index contributed by atoms with van der Waals surface area (Å²) in [6, 6.07) is 8.28. The van der Waals surface area contributed by atoms with Gasteiger partial charge in [-0.15, -0.1) is 0 Å². The van der Waals surface area contributed by atoms with Crippen LogP contribution in [0.4, 0.5) is 14.5 Å². The van der Waals surface area contributed by atoms with Gasteiger partial charge in [-0.05, 0) is 42.3 Å². The first-order chi connectivity index (χ1) is 9.47. The van der Waals surface area contributed by atoms with Crippen LogP contribution in [0.5, 0.6) is 0 Å². The molecular weight excluding hydrogens is 262 g/mol. The summed E-state index contributed by atoms with van der Waals surface area (Å²) in [5.41, 5.74) is 7.03. The molecule has 0 fully saturated rings. The predicted molar refractivity (Wildman–Crippen MR) is 73.1 cm³/mol. The van der Waals surface area contributed by atoms with Crippen molar-refractivity contribution in [3.8, 4) is 0 Å². The van der Waals surface area contributed by atoms with Crippen molar-refractivity contribution in [2.75, 3.05) is 5.73 Å². The fraction of sp³-hybridized carbons (Fsp3) is 0.133. The van der Waals surface area contributed by atoms with Gasteiger partial charge < -0.3 is 11.1 Å². The van der Waals surface area contributed by atoms with E-state index in [1.54, 1.807) is 19.1 Å². The van der Waals surface area contributed by atoms with E-state index in [0.717, 1.165) is 6.07 Å². The molecule has 0 spiro atoms. The van der Waals surface area contributed by atoms with Crippen LogP contribution in [-0.2, 0) is 6.54 Å². The Morgan fingerprint density at radius 1 is 1.20 bits per heavy atom. The van der Waals surface area contributed by atoms with E-state index in [-0.39, 0.29) is 23.6 Å². The molecule has 2 aromatic carbocycles. The lowest BCUT2D eigenvalue weighted by molar-refractivity contribution is 0.0951. The SMILES string of the molecule is Cc1ccc(CNC(=O)c2cc(F)ccc2N)cc1F. The maximum Gasteiger partial charge on any atom is 0.253 e. The quantitative estimate of drug-likeness (QED) is 0.847. The van der Waals surface area contributed by atoms with Crippen molar-refractivity contribution in [3.63, 3.8) is 0 Å². The molecule has 0 radical (unpaired) electrons. The standard InChI is InChI=1S/C15H14F2N2O/c1-9-2-3-10(6-13(9)17)8-19-15(20)12-7-11(16)4-5-14(12)18/h2-7H,8,18H2,1H3,(H,19,20). The summed E-state index contributed by atoms with van der Waals surface area (Å²) in [4.78, 5) is 11.9. The van der Waals surface area contributed by atoms with Crippen molar-refractivity contribution in [3.05, 3.63) is 64.7 Å². The van der Waals surface area contributed by atoms with Crippen LogP contribution in [0.15, 0.2) is 36.4 Å². The number of benzene rings is 2. The van der Waals surface area contributed by atoms with E-state index in [9.17, 15) is 13.6 Å². The van der Waals surface area contributed by atoms with Crippen molar-refractivity contribution < 1.29 is 13.6 Å². The van der Waals surface area contributed by atoms with E-state index in [1.807, 2.05) is 0 Å². The average Bonchev–Trinajstić information content (AvgIpc) is 2.42. The number of rotatable bonds is 3. The number of amides is 1. The molecule has 20 heavy (non-hydrogen) atoms. The molecule has 0 saturated carbocycles. The lowest BCUT2D eigenvalue weighted by Crippen LogP contribution is -2.24. The van der Waals surface area contributed by atoms with E-state index >= 15 is 0 Å². The maximum absolute atomic E-state index is 13.4. The third-order valence-corrected chi connectivity index (χ3v) is 2.95. The zero-order valence-electron chi connectivity index (χ0n) is 10.9. The summed E-state index contributed by atoms with van der Waals surface area (Å²) in [6.45, 7) is 1.80. The van der Waals surface area contributed by atoms with Crippen LogP contribution in [0.2, 0.25) is 0 Å². The summed E-state index contributed by atoms with van der Waals surface area (Å²) in [7, 11) is 0. The number of nitrogen functional groups attached to an aromatic ring is 1. The Balaban J connectivity index is 2.08. The first kappa shape index (κ1) is 14.0. The average molecular weight is 276 g/mol. The molecular formula is C15H14F2N2O. The normalized spacial score (nSPS) is 10.3. The molecule has 0 unspecified atom stereocenters. The number of hydrogen-bond donors (Lipinski definition) is 2. The highest BCUT2D eigenvalue weighted by molar-refractivity contribution is 5.99. The zero-order valence-corrected chi connectivity index (χ0v) is 10.9. The molecule has 2 rings (SSSR count). The van der Waals surface area contributed by atoms with Gasteiger partial charge >= 0.3 is 0 Å². The van der Waals surface area contributed by atoms with E-state index in [1.165, 1.54) is 18.2 Å². The molecule has 0 saturated heterocycles. The van der Waals surface area contributed by atoms with Crippen molar-refractivity contribution >= 4 is 11.6 Å². The Kier molecular flexibility index (Phi) is 3.98. The monoisotopic (exact) mass is 276 g/mol. The number of carbonyl (C=O) groups excluding carboxylic acids is 1. The second-order valence-corrected chi connectivity index (χ2v) is 4.50. The van der Waals surface area contributed by atoms with Crippen LogP contribution >= 0.6 is 0 Å². The fourth-order valence-corrected chi connectivity index (χ4v) is 1.75. The highest BCUT2D eigenvalue weighted by atomic mass is 19.1. The Labute approximate surface area is 115 Å². The van der Waals surface area contributed by atoms with Gasteiger partial charge in [-0.1, -0.05) is 12.1 Å². The van der Waals surface area contributed by atoms with Crippen molar-refractivity contribution in [2.24, 2.45) is 0 Å². The summed E-state index contributed by atoms with van der Waals surface area (Å²) in [5, 5.41) is 2.58. The van der Waals surface area contributed by atoms with Gasteiger partial charge in [0.1, 0.15) is 11.6 Å². The summed E-state index contributed by atoms with van der Waals surface area (Å²) in [5.74, 6) is -1.37. The molecule has 0 aromatic heterocycles. The van der Waals surface area contributed by atoms with Crippen LogP contribution in [0, 0.1) is 18.6 Å². The molecule has 3 nitrogen and oxygen atoms in total. The minimum Gasteiger partial charge on any atom is -0.398 e. The molecule has 1 amide bonds. The van der Waals surface area contributed by atoms with Crippen LogP contribution < -0.4 is 11.1 Å². The summed E-state index contributed by atoms with van der Waals surface area (Å²) < 4.78 is 26.4. The second-order valence-electron chi connectivity index (χ2n) is 4.50. The minimum absolute atomic E-state index is 0.0672. The molecule has 0 atom stereocenters. The van der Waals surface area contributed by atoms with Gasteiger partial charge in [-0.3, -0.25) is 4.79 Å². The van der Waals surface area contributed by atoms with Gasteiger partial charge in [0.2, 0.25) is 0 Å². The Morgan fingerprint density at radius 3 is 2.65 bits per heavy atom. The topological polar surface area (TPSA) is 55.1 Å². The number of carbonyl (C=O) groups is 1. The first-order valence-electron chi connectivity index (χ1n) is 6.05. The van der Waals surface area contributed by atoms with Crippen LogP contribution in [0.3, 0.4) is 0 Å².